The summed E-state index contributed by atoms with van der Waals surface area (Å²) in [5, 5.41) is 3.08. The number of hydrogen-bond donors (Lipinski definition) is 2. The molecule has 3 N–H and O–H groups in total. The minimum atomic E-state index is 0.528. The fraction of sp³-hybridized carbons (Fsp3) is 0.333. The fourth-order valence-corrected chi connectivity index (χ4v) is 0.885. The molecule has 0 amide bonds. The van der Waals surface area contributed by atoms with E-state index in [-0.39, 0.29) is 0 Å². The Kier molecular flexibility index (Phi) is 3.41. The van der Waals surface area contributed by atoms with E-state index in [0.29, 0.717) is 6.73 Å². The van der Waals surface area contributed by atoms with Gasteiger partial charge in [-0.25, -0.2) is 0 Å². The SMILES string of the molecule is CCOCNc1cccc(N)c1. The highest BCUT2D eigenvalue weighted by Gasteiger charge is 1.90. The predicted molar refractivity (Wildman–Crippen MR) is 51.0 cm³/mol. The molecule has 0 aliphatic rings. The highest BCUT2D eigenvalue weighted by atomic mass is 16.5. The van der Waals surface area contributed by atoms with Gasteiger partial charge in [-0.15, -0.1) is 0 Å². The minimum Gasteiger partial charge on any atom is -0.399 e. The Hall–Kier alpha value is -1.22. The lowest BCUT2D eigenvalue weighted by Crippen LogP contribution is -2.05. The van der Waals surface area contributed by atoms with Gasteiger partial charge in [0.25, 0.3) is 0 Å². The van der Waals surface area contributed by atoms with Crippen LogP contribution in [0.25, 0.3) is 0 Å². The monoisotopic (exact) mass is 166 g/mol. The molecular formula is C9H14N2O. The van der Waals surface area contributed by atoms with Gasteiger partial charge >= 0.3 is 0 Å². The maximum atomic E-state index is 5.58. The van der Waals surface area contributed by atoms with Crippen LogP contribution in [-0.2, 0) is 4.74 Å². The average Bonchev–Trinajstić information content (AvgIpc) is 2.05. The van der Waals surface area contributed by atoms with Crippen molar-refractivity contribution in [2.45, 2.75) is 6.92 Å². The molecule has 0 radical (unpaired) electrons. The smallest absolute Gasteiger partial charge is 0.116 e. The first kappa shape index (κ1) is 8.87. The zero-order valence-corrected chi connectivity index (χ0v) is 7.21. The Bertz CT molecular complexity index is 238. The molecule has 3 heteroatoms. The molecule has 0 saturated carbocycles. The lowest BCUT2D eigenvalue weighted by molar-refractivity contribution is 0.167. The lowest BCUT2D eigenvalue weighted by atomic mass is 10.3. The quantitative estimate of drug-likeness (QED) is 0.406. The van der Waals surface area contributed by atoms with E-state index in [1.165, 1.54) is 0 Å². The van der Waals surface area contributed by atoms with E-state index >= 15 is 0 Å². The Morgan fingerprint density at radius 3 is 3.00 bits per heavy atom. The number of hydrogen-bond acceptors (Lipinski definition) is 3. The van der Waals surface area contributed by atoms with Crippen molar-refractivity contribution in [3.8, 4) is 0 Å². The van der Waals surface area contributed by atoms with Gasteiger partial charge in [-0.05, 0) is 25.1 Å². The molecule has 0 aromatic heterocycles. The number of ether oxygens (including phenoxy) is 1. The van der Waals surface area contributed by atoms with Crippen LogP contribution in [0.3, 0.4) is 0 Å². The van der Waals surface area contributed by atoms with Crippen LogP contribution < -0.4 is 11.1 Å². The van der Waals surface area contributed by atoms with E-state index in [1.807, 2.05) is 31.2 Å². The second kappa shape index (κ2) is 4.62. The van der Waals surface area contributed by atoms with Gasteiger partial charge in [-0.2, -0.15) is 0 Å². The Balaban J connectivity index is 2.41. The summed E-state index contributed by atoms with van der Waals surface area (Å²) in [5.41, 5.74) is 7.33. The summed E-state index contributed by atoms with van der Waals surface area (Å²) in [6, 6.07) is 7.59. The molecule has 0 atom stereocenters. The first-order valence-electron chi connectivity index (χ1n) is 4.00. The summed E-state index contributed by atoms with van der Waals surface area (Å²) in [4.78, 5) is 0. The van der Waals surface area contributed by atoms with Crippen LogP contribution in [0, 0.1) is 0 Å². The maximum absolute atomic E-state index is 5.58. The molecule has 0 aliphatic carbocycles. The van der Waals surface area contributed by atoms with Gasteiger partial charge in [0.15, 0.2) is 0 Å². The van der Waals surface area contributed by atoms with Crippen LogP contribution in [0.5, 0.6) is 0 Å². The van der Waals surface area contributed by atoms with Crippen LogP contribution >= 0.6 is 0 Å². The molecular weight excluding hydrogens is 152 g/mol. The van der Waals surface area contributed by atoms with E-state index in [9.17, 15) is 0 Å². The number of rotatable bonds is 4. The Morgan fingerprint density at radius 1 is 1.50 bits per heavy atom. The molecule has 0 aliphatic heterocycles. The molecule has 1 rings (SSSR count). The fourth-order valence-electron chi connectivity index (χ4n) is 0.885. The zero-order chi connectivity index (χ0) is 8.81. The van der Waals surface area contributed by atoms with Crippen molar-refractivity contribution in [1.29, 1.82) is 0 Å². The Labute approximate surface area is 72.5 Å². The number of nitrogens with two attached hydrogens (primary N) is 1. The summed E-state index contributed by atoms with van der Waals surface area (Å²) < 4.78 is 5.13. The van der Waals surface area contributed by atoms with Crippen LogP contribution in [0.2, 0.25) is 0 Å². The third kappa shape index (κ3) is 2.80. The predicted octanol–water partition coefficient (Wildman–Crippen LogP) is 1.67. The van der Waals surface area contributed by atoms with E-state index in [4.69, 9.17) is 10.5 Å². The summed E-state index contributed by atoms with van der Waals surface area (Å²) in [6.45, 7) is 3.20. The number of anilines is 2. The van der Waals surface area contributed by atoms with Gasteiger partial charge in [0.2, 0.25) is 0 Å². The molecule has 0 bridgehead atoms. The van der Waals surface area contributed by atoms with Crippen LogP contribution in [0.1, 0.15) is 6.92 Å². The normalized spacial score (nSPS) is 9.75. The third-order valence-electron chi connectivity index (χ3n) is 1.47. The van der Waals surface area contributed by atoms with Crippen molar-refractivity contribution in [1.82, 2.24) is 0 Å². The number of benzene rings is 1. The van der Waals surface area contributed by atoms with Gasteiger partial charge in [0.05, 0.1) is 0 Å². The van der Waals surface area contributed by atoms with Gasteiger partial charge < -0.3 is 15.8 Å². The zero-order valence-electron chi connectivity index (χ0n) is 7.21. The van der Waals surface area contributed by atoms with Crippen molar-refractivity contribution in [2.75, 3.05) is 24.4 Å². The van der Waals surface area contributed by atoms with Crippen LogP contribution in [-0.4, -0.2) is 13.3 Å². The van der Waals surface area contributed by atoms with E-state index in [0.717, 1.165) is 18.0 Å². The highest BCUT2D eigenvalue weighted by molar-refractivity contribution is 5.53. The van der Waals surface area contributed by atoms with Crippen molar-refractivity contribution in [3.05, 3.63) is 24.3 Å². The van der Waals surface area contributed by atoms with Gasteiger partial charge in [-0.1, -0.05) is 6.07 Å². The van der Waals surface area contributed by atoms with Crippen LogP contribution in [0.4, 0.5) is 11.4 Å². The summed E-state index contributed by atoms with van der Waals surface area (Å²) in [7, 11) is 0. The van der Waals surface area contributed by atoms with Gasteiger partial charge in [-0.3, -0.25) is 0 Å². The van der Waals surface area contributed by atoms with E-state index < -0.39 is 0 Å². The standard InChI is InChI=1S/C9H14N2O/c1-2-12-7-11-9-5-3-4-8(10)6-9/h3-6,11H,2,7,10H2,1H3. The van der Waals surface area contributed by atoms with Crippen molar-refractivity contribution in [3.63, 3.8) is 0 Å². The molecule has 0 heterocycles. The molecule has 1 aromatic rings. The topological polar surface area (TPSA) is 47.3 Å². The summed E-state index contributed by atoms with van der Waals surface area (Å²) in [5.74, 6) is 0. The molecule has 1 aromatic carbocycles. The highest BCUT2D eigenvalue weighted by Crippen LogP contribution is 2.10. The summed E-state index contributed by atoms with van der Waals surface area (Å²) in [6.07, 6.45) is 0. The molecule has 12 heavy (non-hydrogen) atoms. The molecule has 66 valence electrons. The third-order valence-corrected chi connectivity index (χ3v) is 1.47. The second-order valence-corrected chi connectivity index (χ2v) is 2.44. The average molecular weight is 166 g/mol. The lowest BCUT2D eigenvalue weighted by Gasteiger charge is -2.05. The Morgan fingerprint density at radius 2 is 2.33 bits per heavy atom. The van der Waals surface area contributed by atoms with Crippen molar-refractivity contribution < 1.29 is 4.74 Å². The van der Waals surface area contributed by atoms with Crippen molar-refractivity contribution in [2.24, 2.45) is 0 Å². The molecule has 0 spiro atoms. The van der Waals surface area contributed by atoms with Gasteiger partial charge in [0, 0.05) is 18.0 Å². The molecule has 3 nitrogen and oxygen atoms in total. The second-order valence-electron chi connectivity index (χ2n) is 2.44. The van der Waals surface area contributed by atoms with E-state index in [1.54, 1.807) is 0 Å². The molecule has 0 unspecified atom stereocenters. The largest absolute Gasteiger partial charge is 0.399 e. The van der Waals surface area contributed by atoms with Gasteiger partial charge in [0.1, 0.15) is 6.73 Å². The first-order valence-corrected chi connectivity index (χ1v) is 4.00. The minimum absolute atomic E-state index is 0.528. The maximum Gasteiger partial charge on any atom is 0.116 e. The molecule has 0 saturated heterocycles. The number of nitrogens with one attached hydrogen (secondary N) is 1. The van der Waals surface area contributed by atoms with Crippen molar-refractivity contribution >= 4 is 11.4 Å². The van der Waals surface area contributed by atoms with E-state index in [2.05, 4.69) is 5.32 Å². The number of nitrogen functional groups attached to an aromatic ring is 1. The summed E-state index contributed by atoms with van der Waals surface area (Å²) >= 11 is 0. The van der Waals surface area contributed by atoms with Crippen LogP contribution in [0.15, 0.2) is 24.3 Å². The first-order chi connectivity index (χ1) is 5.83. The molecule has 0 fully saturated rings.